The number of rotatable bonds is 3. The van der Waals surface area contributed by atoms with Crippen LogP contribution >= 0.6 is 0 Å². The first kappa shape index (κ1) is 11.4. The van der Waals surface area contributed by atoms with Crippen molar-refractivity contribution in [3.05, 3.63) is 0 Å². The first-order chi connectivity index (χ1) is 7.02. The van der Waals surface area contributed by atoms with E-state index >= 15 is 0 Å². The molecule has 1 aliphatic heterocycles. The molecule has 0 aromatic rings. The average Bonchev–Trinajstić information content (AvgIpc) is 2.70. The van der Waals surface area contributed by atoms with E-state index in [0.29, 0.717) is 18.6 Å². The molecule has 2 fully saturated rings. The second-order valence-corrected chi connectivity index (χ2v) is 7.50. The summed E-state index contributed by atoms with van der Waals surface area (Å²) < 4.78 is 23.2. The van der Waals surface area contributed by atoms with Crippen molar-refractivity contribution in [3.8, 4) is 0 Å². The van der Waals surface area contributed by atoms with Crippen LogP contribution in [0.15, 0.2) is 0 Å². The summed E-state index contributed by atoms with van der Waals surface area (Å²) in [5, 5.41) is 9.96. The molecule has 1 unspecified atom stereocenters. The lowest BCUT2D eigenvalue weighted by Gasteiger charge is -2.23. The summed E-state index contributed by atoms with van der Waals surface area (Å²) in [6.07, 6.45) is 6.86. The predicted molar refractivity (Wildman–Crippen MR) is 59.5 cm³/mol. The van der Waals surface area contributed by atoms with Gasteiger partial charge in [-0.05, 0) is 38.5 Å². The Morgan fingerprint density at radius 2 is 1.87 bits per heavy atom. The van der Waals surface area contributed by atoms with Gasteiger partial charge in [0.15, 0.2) is 9.84 Å². The van der Waals surface area contributed by atoms with E-state index in [1.165, 1.54) is 0 Å². The number of aliphatic hydroxyl groups is 1. The van der Waals surface area contributed by atoms with Crippen molar-refractivity contribution in [2.24, 2.45) is 0 Å². The van der Waals surface area contributed by atoms with Gasteiger partial charge in [-0.2, -0.15) is 0 Å². The minimum Gasteiger partial charge on any atom is -0.390 e. The van der Waals surface area contributed by atoms with Crippen LogP contribution in [-0.4, -0.2) is 30.1 Å². The van der Waals surface area contributed by atoms with Crippen molar-refractivity contribution in [1.82, 2.24) is 0 Å². The Balaban J connectivity index is 1.88. The fraction of sp³-hybridized carbons (Fsp3) is 1.00. The van der Waals surface area contributed by atoms with Gasteiger partial charge in [0.1, 0.15) is 0 Å². The highest BCUT2D eigenvalue weighted by Gasteiger charge is 2.36. The molecule has 0 spiro atoms. The standard InChI is InChI=1S/C11H20O3S/c12-11(6-1-2-7-11)8-5-10-4-3-9-15(10,13)14/h10,12H,1-9H2. The van der Waals surface area contributed by atoms with Gasteiger partial charge in [0, 0.05) is 0 Å². The SMILES string of the molecule is O=S1(=O)CCCC1CCC1(O)CCCC1. The molecule has 88 valence electrons. The topological polar surface area (TPSA) is 54.4 Å². The lowest BCUT2D eigenvalue weighted by molar-refractivity contribution is 0.0366. The number of hydrogen-bond acceptors (Lipinski definition) is 3. The summed E-state index contributed by atoms with van der Waals surface area (Å²) in [6.45, 7) is 0. The van der Waals surface area contributed by atoms with Crippen LogP contribution in [0, 0.1) is 0 Å². The van der Waals surface area contributed by atoms with Crippen molar-refractivity contribution in [3.63, 3.8) is 0 Å². The molecule has 1 saturated heterocycles. The van der Waals surface area contributed by atoms with Gasteiger partial charge < -0.3 is 5.11 Å². The fourth-order valence-electron chi connectivity index (χ4n) is 2.90. The van der Waals surface area contributed by atoms with Gasteiger partial charge in [-0.1, -0.05) is 12.8 Å². The molecule has 0 amide bonds. The molecule has 2 aliphatic rings. The second-order valence-electron chi connectivity index (χ2n) is 5.10. The zero-order valence-corrected chi connectivity index (χ0v) is 9.93. The molecule has 1 N–H and O–H groups in total. The van der Waals surface area contributed by atoms with Crippen LogP contribution in [-0.2, 0) is 9.84 Å². The van der Waals surface area contributed by atoms with Gasteiger partial charge in [-0.3, -0.25) is 0 Å². The minimum atomic E-state index is -2.82. The van der Waals surface area contributed by atoms with Crippen molar-refractivity contribution in [1.29, 1.82) is 0 Å². The zero-order chi connectivity index (χ0) is 10.9. The van der Waals surface area contributed by atoms with E-state index in [9.17, 15) is 13.5 Å². The van der Waals surface area contributed by atoms with Gasteiger partial charge >= 0.3 is 0 Å². The van der Waals surface area contributed by atoms with Crippen LogP contribution in [0.1, 0.15) is 51.4 Å². The predicted octanol–water partition coefficient (Wildman–Crippen LogP) is 1.65. The van der Waals surface area contributed by atoms with Crippen LogP contribution in [0.5, 0.6) is 0 Å². The maximum atomic E-state index is 11.6. The van der Waals surface area contributed by atoms with Crippen LogP contribution in [0.3, 0.4) is 0 Å². The molecule has 1 aliphatic carbocycles. The number of sulfone groups is 1. The molecule has 3 nitrogen and oxygen atoms in total. The Bertz CT molecular complexity index is 315. The van der Waals surface area contributed by atoms with Crippen molar-refractivity contribution >= 4 is 9.84 Å². The summed E-state index contributed by atoms with van der Waals surface area (Å²) in [4.78, 5) is 0. The van der Waals surface area contributed by atoms with E-state index in [-0.39, 0.29) is 5.25 Å². The molecule has 1 saturated carbocycles. The summed E-state index contributed by atoms with van der Waals surface area (Å²) in [7, 11) is -2.82. The van der Waals surface area contributed by atoms with Crippen LogP contribution in [0.4, 0.5) is 0 Å². The summed E-state index contributed by atoms with van der Waals surface area (Å²) >= 11 is 0. The van der Waals surface area contributed by atoms with Gasteiger partial charge in [0.25, 0.3) is 0 Å². The van der Waals surface area contributed by atoms with Gasteiger partial charge in [0.05, 0.1) is 16.6 Å². The van der Waals surface area contributed by atoms with Gasteiger partial charge in [-0.25, -0.2) is 8.42 Å². The maximum absolute atomic E-state index is 11.6. The average molecular weight is 232 g/mol. The molecule has 15 heavy (non-hydrogen) atoms. The van der Waals surface area contributed by atoms with Crippen LogP contribution < -0.4 is 0 Å². The van der Waals surface area contributed by atoms with Crippen molar-refractivity contribution < 1.29 is 13.5 Å². The third-order valence-corrected chi connectivity index (χ3v) is 6.27. The van der Waals surface area contributed by atoms with E-state index in [4.69, 9.17) is 0 Å². The number of hydrogen-bond donors (Lipinski definition) is 1. The van der Waals surface area contributed by atoms with Gasteiger partial charge in [-0.15, -0.1) is 0 Å². The molecule has 4 heteroatoms. The first-order valence-corrected chi connectivity index (χ1v) is 7.67. The molecule has 2 rings (SSSR count). The van der Waals surface area contributed by atoms with E-state index in [0.717, 1.165) is 38.5 Å². The molecular formula is C11H20O3S. The quantitative estimate of drug-likeness (QED) is 0.805. The molecule has 0 aromatic heterocycles. The monoisotopic (exact) mass is 232 g/mol. The van der Waals surface area contributed by atoms with E-state index in [1.807, 2.05) is 0 Å². The van der Waals surface area contributed by atoms with Crippen LogP contribution in [0.2, 0.25) is 0 Å². The highest BCUT2D eigenvalue weighted by Crippen LogP contribution is 2.35. The minimum absolute atomic E-state index is 0.165. The molecular weight excluding hydrogens is 212 g/mol. The van der Waals surface area contributed by atoms with Crippen LogP contribution in [0.25, 0.3) is 0 Å². The van der Waals surface area contributed by atoms with Gasteiger partial charge in [0.2, 0.25) is 0 Å². The third kappa shape index (κ3) is 2.53. The highest BCUT2D eigenvalue weighted by atomic mass is 32.2. The Morgan fingerprint density at radius 3 is 2.40 bits per heavy atom. The Morgan fingerprint density at radius 1 is 1.20 bits per heavy atom. The molecule has 0 radical (unpaired) electrons. The van der Waals surface area contributed by atoms with E-state index in [1.54, 1.807) is 0 Å². The lowest BCUT2D eigenvalue weighted by atomic mass is 9.94. The molecule has 0 aromatic carbocycles. The summed E-state index contributed by atoms with van der Waals surface area (Å²) in [5.74, 6) is 0.357. The highest BCUT2D eigenvalue weighted by molar-refractivity contribution is 7.92. The van der Waals surface area contributed by atoms with Crippen molar-refractivity contribution in [2.45, 2.75) is 62.2 Å². The first-order valence-electron chi connectivity index (χ1n) is 5.96. The molecule has 1 heterocycles. The third-order valence-electron chi connectivity index (χ3n) is 3.93. The smallest absolute Gasteiger partial charge is 0.153 e. The fourth-order valence-corrected chi connectivity index (χ4v) is 4.80. The van der Waals surface area contributed by atoms with Crippen molar-refractivity contribution in [2.75, 3.05) is 5.75 Å². The second kappa shape index (κ2) is 4.06. The maximum Gasteiger partial charge on any atom is 0.153 e. The normalized spacial score (nSPS) is 33.3. The largest absolute Gasteiger partial charge is 0.390 e. The lowest BCUT2D eigenvalue weighted by Crippen LogP contribution is -2.27. The zero-order valence-electron chi connectivity index (χ0n) is 9.11. The van der Waals surface area contributed by atoms with E-state index in [2.05, 4.69) is 0 Å². The Kier molecular flexibility index (Phi) is 3.08. The molecule has 1 atom stereocenters. The Hall–Kier alpha value is -0.0900. The summed E-state index contributed by atoms with van der Waals surface area (Å²) in [6, 6.07) is 0. The molecule has 0 bridgehead atoms. The van der Waals surface area contributed by atoms with E-state index < -0.39 is 15.4 Å². The Labute approximate surface area is 91.8 Å². The summed E-state index contributed by atoms with van der Waals surface area (Å²) in [5.41, 5.74) is -0.544.